The maximum atomic E-state index is 11.3. The van der Waals surface area contributed by atoms with Gasteiger partial charge in [-0.2, -0.15) is 0 Å². The standard InChI is InChI=1S/C13H11N3O2/c1-9(17)14-13-12(10-5-4-8-18-10)15-11-6-2-3-7-16(11)13/h2-8H,1H3,(H,14,17). The summed E-state index contributed by atoms with van der Waals surface area (Å²) in [6.45, 7) is 1.47. The van der Waals surface area contributed by atoms with Gasteiger partial charge < -0.3 is 9.73 Å². The maximum Gasteiger partial charge on any atom is 0.222 e. The van der Waals surface area contributed by atoms with E-state index < -0.39 is 0 Å². The molecule has 0 saturated carbocycles. The summed E-state index contributed by atoms with van der Waals surface area (Å²) >= 11 is 0. The number of aromatic nitrogens is 2. The molecule has 0 aliphatic heterocycles. The highest BCUT2D eigenvalue weighted by Gasteiger charge is 2.16. The molecule has 90 valence electrons. The predicted molar refractivity (Wildman–Crippen MR) is 67.2 cm³/mol. The number of nitrogens with zero attached hydrogens (tertiary/aromatic N) is 2. The van der Waals surface area contributed by atoms with Crippen LogP contribution in [-0.2, 0) is 4.79 Å². The number of hydrogen-bond donors (Lipinski definition) is 1. The van der Waals surface area contributed by atoms with E-state index in [9.17, 15) is 4.79 Å². The van der Waals surface area contributed by atoms with Gasteiger partial charge in [0.25, 0.3) is 0 Å². The van der Waals surface area contributed by atoms with Crippen LogP contribution < -0.4 is 5.32 Å². The van der Waals surface area contributed by atoms with E-state index in [0.717, 1.165) is 5.65 Å². The lowest BCUT2D eigenvalue weighted by Crippen LogP contribution is -2.08. The second kappa shape index (κ2) is 4.03. The molecule has 0 aliphatic rings. The van der Waals surface area contributed by atoms with Crippen LogP contribution in [0.3, 0.4) is 0 Å². The normalized spacial score (nSPS) is 10.7. The minimum Gasteiger partial charge on any atom is -0.463 e. The van der Waals surface area contributed by atoms with Crippen molar-refractivity contribution >= 4 is 17.4 Å². The lowest BCUT2D eigenvalue weighted by atomic mass is 10.3. The van der Waals surface area contributed by atoms with E-state index in [0.29, 0.717) is 17.3 Å². The van der Waals surface area contributed by atoms with Gasteiger partial charge in [0.05, 0.1) is 6.26 Å². The molecule has 0 fully saturated rings. The van der Waals surface area contributed by atoms with Crippen molar-refractivity contribution in [3.8, 4) is 11.5 Å². The molecule has 0 aromatic carbocycles. The van der Waals surface area contributed by atoms with E-state index in [1.165, 1.54) is 6.92 Å². The topological polar surface area (TPSA) is 59.5 Å². The van der Waals surface area contributed by atoms with Crippen molar-refractivity contribution in [3.05, 3.63) is 42.8 Å². The molecular weight excluding hydrogens is 230 g/mol. The molecule has 5 heteroatoms. The number of carbonyl (C=O) groups is 1. The Morgan fingerprint density at radius 2 is 2.22 bits per heavy atom. The van der Waals surface area contributed by atoms with Gasteiger partial charge in [-0.15, -0.1) is 0 Å². The number of hydrogen-bond acceptors (Lipinski definition) is 3. The summed E-state index contributed by atoms with van der Waals surface area (Å²) in [7, 11) is 0. The summed E-state index contributed by atoms with van der Waals surface area (Å²) in [6, 6.07) is 9.25. The summed E-state index contributed by atoms with van der Waals surface area (Å²) in [5.74, 6) is 1.10. The molecule has 3 aromatic heterocycles. The van der Waals surface area contributed by atoms with Gasteiger partial charge >= 0.3 is 0 Å². The highest BCUT2D eigenvalue weighted by atomic mass is 16.3. The minimum absolute atomic E-state index is 0.145. The first kappa shape index (κ1) is 10.6. The molecule has 18 heavy (non-hydrogen) atoms. The largest absolute Gasteiger partial charge is 0.463 e. The second-order valence-electron chi connectivity index (χ2n) is 3.90. The first-order valence-electron chi connectivity index (χ1n) is 5.54. The van der Waals surface area contributed by atoms with Gasteiger partial charge in [0.15, 0.2) is 5.76 Å². The van der Waals surface area contributed by atoms with Crippen molar-refractivity contribution in [2.45, 2.75) is 6.92 Å². The van der Waals surface area contributed by atoms with Crippen molar-refractivity contribution in [3.63, 3.8) is 0 Å². The third-order valence-corrected chi connectivity index (χ3v) is 2.58. The number of rotatable bonds is 2. The minimum atomic E-state index is -0.145. The average Bonchev–Trinajstić information content (AvgIpc) is 2.96. The number of furan rings is 1. The van der Waals surface area contributed by atoms with Crippen LogP contribution in [0.5, 0.6) is 0 Å². The number of nitrogens with one attached hydrogen (secondary N) is 1. The summed E-state index contributed by atoms with van der Waals surface area (Å²) in [5, 5.41) is 2.79. The monoisotopic (exact) mass is 241 g/mol. The van der Waals surface area contributed by atoms with Crippen molar-refractivity contribution in [1.29, 1.82) is 0 Å². The Hall–Kier alpha value is -2.56. The van der Waals surface area contributed by atoms with Gasteiger partial charge in [0.2, 0.25) is 5.91 Å². The van der Waals surface area contributed by atoms with Crippen LogP contribution in [0.15, 0.2) is 47.2 Å². The Morgan fingerprint density at radius 3 is 2.94 bits per heavy atom. The lowest BCUT2D eigenvalue weighted by molar-refractivity contribution is -0.114. The third-order valence-electron chi connectivity index (χ3n) is 2.58. The number of amides is 1. The fourth-order valence-corrected chi connectivity index (χ4v) is 1.87. The van der Waals surface area contributed by atoms with Crippen molar-refractivity contribution in [1.82, 2.24) is 9.38 Å². The Balaban J connectivity index is 2.26. The highest BCUT2D eigenvalue weighted by molar-refractivity contribution is 5.92. The second-order valence-corrected chi connectivity index (χ2v) is 3.90. The molecule has 0 aliphatic carbocycles. The summed E-state index contributed by atoms with van der Waals surface area (Å²) in [6.07, 6.45) is 3.43. The molecular formula is C13H11N3O2. The maximum absolute atomic E-state index is 11.3. The zero-order chi connectivity index (χ0) is 12.5. The fourth-order valence-electron chi connectivity index (χ4n) is 1.87. The van der Waals surface area contributed by atoms with Crippen LogP contribution in [0.1, 0.15) is 6.92 Å². The fraction of sp³-hybridized carbons (Fsp3) is 0.0769. The number of imidazole rings is 1. The zero-order valence-electron chi connectivity index (χ0n) is 9.75. The quantitative estimate of drug-likeness (QED) is 0.750. The molecule has 0 saturated heterocycles. The Morgan fingerprint density at radius 1 is 1.33 bits per heavy atom. The molecule has 0 unspecified atom stereocenters. The lowest BCUT2D eigenvalue weighted by Gasteiger charge is -2.03. The van der Waals surface area contributed by atoms with Gasteiger partial charge in [-0.25, -0.2) is 4.98 Å². The number of fused-ring (bicyclic) bond motifs is 1. The van der Waals surface area contributed by atoms with Gasteiger partial charge in [-0.1, -0.05) is 6.07 Å². The van der Waals surface area contributed by atoms with E-state index in [-0.39, 0.29) is 5.91 Å². The van der Waals surface area contributed by atoms with Crippen LogP contribution in [0, 0.1) is 0 Å². The number of pyridine rings is 1. The predicted octanol–water partition coefficient (Wildman–Crippen LogP) is 2.55. The first-order valence-corrected chi connectivity index (χ1v) is 5.54. The van der Waals surface area contributed by atoms with E-state index in [4.69, 9.17) is 4.42 Å². The van der Waals surface area contributed by atoms with Gasteiger partial charge in [-0.05, 0) is 24.3 Å². The van der Waals surface area contributed by atoms with Crippen molar-refractivity contribution < 1.29 is 9.21 Å². The Labute approximate surface area is 103 Å². The zero-order valence-corrected chi connectivity index (χ0v) is 9.75. The Bertz CT molecular complexity index is 698. The highest BCUT2D eigenvalue weighted by Crippen LogP contribution is 2.28. The Kier molecular flexibility index (Phi) is 2.37. The van der Waals surface area contributed by atoms with Crippen LogP contribution in [-0.4, -0.2) is 15.3 Å². The molecule has 1 N–H and O–H groups in total. The molecule has 0 atom stereocenters. The van der Waals surface area contributed by atoms with Crippen LogP contribution >= 0.6 is 0 Å². The van der Waals surface area contributed by atoms with Gasteiger partial charge in [-0.3, -0.25) is 9.20 Å². The van der Waals surface area contributed by atoms with Gasteiger partial charge in [0.1, 0.15) is 17.2 Å². The summed E-state index contributed by atoms with van der Waals surface area (Å²) < 4.78 is 7.16. The smallest absolute Gasteiger partial charge is 0.222 e. The third kappa shape index (κ3) is 1.66. The van der Waals surface area contributed by atoms with E-state index in [1.54, 1.807) is 12.3 Å². The average molecular weight is 241 g/mol. The van der Waals surface area contributed by atoms with Crippen molar-refractivity contribution in [2.75, 3.05) is 5.32 Å². The molecule has 3 rings (SSSR count). The molecule has 3 heterocycles. The molecule has 3 aromatic rings. The number of carbonyl (C=O) groups excluding carboxylic acids is 1. The summed E-state index contributed by atoms with van der Waals surface area (Å²) in [4.78, 5) is 15.8. The van der Waals surface area contributed by atoms with Crippen LogP contribution in [0.4, 0.5) is 5.82 Å². The van der Waals surface area contributed by atoms with Gasteiger partial charge in [0, 0.05) is 13.1 Å². The van der Waals surface area contributed by atoms with E-state index in [1.807, 2.05) is 34.9 Å². The molecule has 1 amide bonds. The summed E-state index contributed by atoms with van der Waals surface area (Å²) in [5.41, 5.74) is 1.38. The molecule has 0 bridgehead atoms. The van der Waals surface area contributed by atoms with Crippen molar-refractivity contribution in [2.24, 2.45) is 0 Å². The molecule has 0 radical (unpaired) electrons. The van der Waals surface area contributed by atoms with E-state index in [2.05, 4.69) is 10.3 Å². The van der Waals surface area contributed by atoms with Crippen LogP contribution in [0.25, 0.3) is 17.1 Å². The van der Waals surface area contributed by atoms with E-state index >= 15 is 0 Å². The SMILES string of the molecule is CC(=O)Nc1c(-c2ccco2)nc2ccccn12. The molecule has 0 spiro atoms. The van der Waals surface area contributed by atoms with Crippen LogP contribution in [0.2, 0.25) is 0 Å². The first-order chi connectivity index (χ1) is 8.75. The number of anilines is 1. The molecule has 5 nitrogen and oxygen atoms in total.